The number of hydrogen-bond acceptors (Lipinski definition) is 21. The Hall–Kier alpha value is -2.85. The van der Waals surface area contributed by atoms with Gasteiger partial charge in [-0.2, -0.15) is 0 Å². The van der Waals surface area contributed by atoms with Gasteiger partial charge < -0.3 is 93.7 Å². The SMILES string of the molecule is CC1[C@@H]2[C@H](O)[C@H](O)[C@@]3(C)[C@H](O)C[C@@H]4OC[C@]4(O[C@H](C)O)[C@@H]3[C@@H](OC(=O)c3ccccc3)[C@@](O)(C[C@H]1O[C@@H](O)[C@@H](O[C@H](O)COCCOCCOCC(O)O)[C@H](N[C@@H](O)OC(C)(C)C)c1ccccc1)C2(C)C. The molecule has 18 atom stereocenters. The lowest BCUT2D eigenvalue weighted by Crippen LogP contribution is -2.83. The number of nitrogens with one attached hydrogen (secondary N) is 1. The zero-order chi connectivity index (χ0) is 53.0. The summed E-state index contributed by atoms with van der Waals surface area (Å²) in [6, 6.07) is 15.4. The van der Waals surface area contributed by atoms with E-state index in [2.05, 4.69) is 5.32 Å². The first kappa shape index (κ1) is 58.4. The van der Waals surface area contributed by atoms with Gasteiger partial charge >= 0.3 is 5.97 Å². The van der Waals surface area contributed by atoms with Crippen molar-refractivity contribution in [1.29, 1.82) is 0 Å². The maximum atomic E-state index is 14.4. The van der Waals surface area contributed by atoms with E-state index in [1.807, 2.05) is 0 Å². The molecule has 3 saturated carbocycles. The van der Waals surface area contributed by atoms with Gasteiger partial charge in [0, 0.05) is 35.5 Å². The molecule has 408 valence electrons. The van der Waals surface area contributed by atoms with Crippen LogP contribution in [0.5, 0.6) is 0 Å². The van der Waals surface area contributed by atoms with Gasteiger partial charge in [-0.3, -0.25) is 5.32 Å². The van der Waals surface area contributed by atoms with Crippen molar-refractivity contribution >= 4 is 5.97 Å². The number of ether oxygens (including phenoxy) is 9. The molecule has 0 spiro atoms. The van der Waals surface area contributed by atoms with E-state index in [0.717, 1.165) is 0 Å². The summed E-state index contributed by atoms with van der Waals surface area (Å²) in [6.45, 7) is 12.5. The molecule has 2 aromatic carbocycles. The van der Waals surface area contributed by atoms with Crippen LogP contribution in [0, 0.1) is 28.6 Å². The molecule has 1 saturated heterocycles. The highest BCUT2D eigenvalue weighted by Crippen LogP contribution is 2.66. The third-order valence-corrected chi connectivity index (χ3v) is 15.2. The zero-order valence-corrected chi connectivity index (χ0v) is 42.4. The van der Waals surface area contributed by atoms with Gasteiger partial charge in [0.25, 0.3) is 0 Å². The Morgan fingerprint density at radius 3 is 2.03 bits per heavy atom. The van der Waals surface area contributed by atoms with E-state index in [9.17, 15) is 45.6 Å². The van der Waals surface area contributed by atoms with Gasteiger partial charge in [0.15, 0.2) is 25.2 Å². The number of hydrogen-bond donors (Lipinski definition) is 11. The van der Waals surface area contributed by atoms with Crippen LogP contribution < -0.4 is 5.32 Å². The second-order valence-electron chi connectivity index (χ2n) is 21.4. The minimum atomic E-state index is -2.26. The molecule has 4 aliphatic rings. The second-order valence-corrected chi connectivity index (χ2v) is 21.4. The summed E-state index contributed by atoms with van der Waals surface area (Å²) in [5.74, 6) is -4.19. The van der Waals surface area contributed by atoms with Gasteiger partial charge in [-0.1, -0.05) is 76.2 Å². The summed E-state index contributed by atoms with van der Waals surface area (Å²) < 4.78 is 53.5. The fraction of sp³-hybridized carbons (Fsp3) is 0.745. The van der Waals surface area contributed by atoms with E-state index in [1.54, 1.807) is 97.0 Å². The highest BCUT2D eigenvalue weighted by atomic mass is 16.7. The summed E-state index contributed by atoms with van der Waals surface area (Å²) in [5, 5.41) is 118. The molecule has 1 aliphatic heterocycles. The number of aliphatic hydroxyl groups excluding tert-OH is 8. The van der Waals surface area contributed by atoms with Gasteiger partial charge in [0.05, 0.1) is 94.0 Å². The predicted octanol–water partition coefficient (Wildman–Crippen LogP) is 0.430. The summed E-state index contributed by atoms with van der Waals surface area (Å²) in [5.41, 5.74) is -7.40. The van der Waals surface area contributed by atoms with Gasteiger partial charge in [0.2, 0.25) is 6.41 Å². The largest absolute Gasteiger partial charge is 0.455 e. The van der Waals surface area contributed by atoms with Crippen molar-refractivity contribution in [2.75, 3.05) is 46.2 Å². The van der Waals surface area contributed by atoms with Crippen LogP contribution in [0.1, 0.15) is 90.2 Å². The first-order valence-corrected chi connectivity index (χ1v) is 24.7. The van der Waals surface area contributed by atoms with Crippen molar-refractivity contribution in [2.24, 2.45) is 28.6 Å². The van der Waals surface area contributed by atoms with E-state index in [4.69, 9.17) is 52.8 Å². The molecule has 11 N–H and O–H groups in total. The summed E-state index contributed by atoms with van der Waals surface area (Å²) >= 11 is 0. The number of benzene rings is 2. The zero-order valence-electron chi connectivity index (χ0n) is 42.4. The summed E-state index contributed by atoms with van der Waals surface area (Å²) in [4.78, 5) is 14.4. The first-order valence-electron chi connectivity index (χ1n) is 24.7. The lowest BCUT2D eigenvalue weighted by atomic mass is 9.42. The van der Waals surface area contributed by atoms with Crippen LogP contribution in [-0.4, -0.2) is 194 Å². The molecule has 2 aromatic rings. The molecule has 0 amide bonds. The Kier molecular flexibility index (Phi) is 19.5. The molecule has 4 fully saturated rings. The van der Waals surface area contributed by atoms with Crippen molar-refractivity contribution < 1.29 is 98.5 Å². The Balaban J connectivity index is 1.39. The van der Waals surface area contributed by atoms with Crippen LogP contribution in [0.2, 0.25) is 0 Å². The molecule has 3 aliphatic carbocycles. The first-order chi connectivity index (χ1) is 33.8. The van der Waals surface area contributed by atoms with E-state index in [1.165, 1.54) is 19.1 Å². The molecule has 6 rings (SSSR count). The predicted molar refractivity (Wildman–Crippen MR) is 253 cm³/mol. The van der Waals surface area contributed by atoms with E-state index >= 15 is 0 Å². The molecular formula is C51H79NO20. The van der Waals surface area contributed by atoms with Crippen LogP contribution in [0.4, 0.5) is 0 Å². The highest BCUT2D eigenvalue weighted by molar-refractivity contribution is 5.89. The number of fused-ring (bicyclic) bond motifs is 5. The number of carbonyl (C=O) groups is 1. The number of aliphatic hydroxyl groups is 10. The second kappa shape index (κ2) is 24.0. The van der Waals surface area contributed by atoms with Crippen LogP contribution in [0.3, 0.4) is 0 Å². The normalized spacial score (nSPS) is 34.8. The number of carbonyl (C=O) groups excluding carboxylic acids is 1. The van der Waals surface area contributed by atoms with Gasteiger partial charge in [-0.05, 0) is 51.3 Å². The molecule has 2 bridgehead atoms. The molecule has 0 aromatic heterocycles. The van der Waals surface area contributed by atoms with Crippen molar-refractivity contribution in [3.8, 4) is 0 Å². The Labute approximate surface area is 420 Å². The Morgan fingerprint density at radius 1 is 0.861 bits per heavy atom. The summed E-state index contributed by atoms with van der Waals surface area (Å²) in [6.07, 6.45) is -19.4. The van der Waals surface area contributed by atoms with E-state index < -0.39 is 145 Å². The molecule has 72 heavy (non-hydrogen) atoms. The minimum Gasteiger partial charge on any atom is -0.455 e. The van der Waals surface area contributed by atoms with Crippen LogP contribution in [0.25, 0.3) is 0 Å². The van der Waals surface area contributed by atoms with E-state index in [0.29, 0.717) is 5.56 Å². The minimum absolute atomic E-state index is 0.0156. The lowest BCUT2D eigenvalue weighted by molar-refractivity contribution is -0.406. The average molecular weight is 1030 g/mol. The fourth-order valence-electron chi connectivity index (χ4n) is 11.7. The van der Waals surface area contributed by atoms with Gasteiger partial charge in [0.1, 0.15) is 23.4 Å². The van der Waals surface area contributed by atoms with Crippen molar-refractivity contribution in [3.63, 3.8) is 0 Å². The molecule has 1 unspecified atom stereocenters. The van der Waals surface area contributed by atoms with Crippen LogP contribution >= 0.6 is 0 Å². The number of rotatable bonds is 24. The molecule has 21 heteroatoms. The van der Waals surface area contributed by atoms with E-state index in [-0.39, 0.29) is 51.6 Å². The monoisotopic (exact) mass is 1030 g/mol. The van der Waals surface area contributed by atoms with Crippen LogP contribution in [-0.2, 0) is 42.6 Å². The van der Waals surface area contributed by atoms with Crippen LogP contribution in [0.15, 0.2) is 60.7 Å². The van der Waals surface area contributed by atoms with Gasteiger partial charge in [-0.15, -0.1) is 0 Å². The third-order valence-electron chi connectivity index (χ3n) is 15.2. The standard InChI is InChI=1S/C51H79NO20/c1-28-32(68-45(61)40(69-36(57)26-66-22-20-64-19-21-65-25-35(55)56)38(30-15-11-9-12-16-30)52-46(62)72-47(3,4)5)24-51(63)43(70-44(60)31-17-13-10-14-18-31)41-49(8,42(59)39(58)37(28)48(51,6)7)33(54)23-34-50(41,27-67-34)71-29(2)53/h9-18,28-29,32-43,45-46,52-59,61-63H,19-27H2,1-8H3/t28?,29-,32-,33-,34+,36+,37-,38-,39+,40+,41-,42+,43-,45-,46+,49+,50-,51+/m1/s1. The third kappa shape index (κ3) is 12.5. The van der Waals surface area contributed by atoms with Crippen molar-refractivity contribution in [3.05, 3.63) is 71.8 Å². The smallest absolute Gasteiger partial charge is 0.338 e. The highest BCUT2D eigenvalue weighted by Gasteiger charge is 2.78. The average Bonchev–Trinajstić information content (AvgIpc) is 3.30. The maximum Gasteiger partial charge on any atom is 0.338 e. The summed E-state index contributed by atoms with van der Waals surface area (Å²) in [7, 11) is 0. The molecule has 21 nitrogen and oxygen atoms in total. The quantitative estimate of drug-likeness (QED) is 0.0386. The Morgan fingerprint density at radius 2 is 1.46 bits per heavy atom. The Bertz CT molecular complexity index is 1990. The lowest BCUT2D eigenvalue weighted by Gasteiger charge is -2.71. The van der Waals surface area contributed by atoms with Gasteiger partial charge in [-0.25, -0.2) is 4.79 Å². The molecule has 1 heterocycles. The van der Waals surface area contributed by atoms with Crippen molar-refractivity contribution in [2.45, 2.75) is 165 Å². The topological polar surface area (TPSA) is 314 Å². The van der Waals surface area contributed by atoms with Crippen molar-refractivity contribution in [1.82, 2.24) is 5.32 Å². The number of esters is 1. The fourth-order valence-corrected chi connectivity index (χ4v) is 11.7. The molecular weight excluding hydrogens is 947 g/mol. The molecule has 0 radical (unpaired) electrons. The maximum absolute atomic E-state index is 14.4.